The largest absolute Gasteiger partial charge is 0.481 e. The molecule has 1 aliphatic heterocycles. The summed E-state index contributed by atoms with van der Waals surface area (Å²) in [6, 6.07) is 0.215. The lowest BCUT2D eigenvalue weighted by Crippen LogP contribution is -2.52. The van der Waals surface area contributed by atoms with Gasteiger partial charge in [-0.1, -0.05) is 13.8 Å². The molecule has 3 atom stereocenters. The van der Waals surface area contributed by atoms with Crippen molar-refractivity contribution >= 4 is 12.0 Å². The van der Waals surface area contributed by atoms with Gasteiger partial charge in [0.25, 0.3) is 0 Å². The molecule has 1 heterocycles. The maximum atomic E-state index is 12.5. The average Bonchev–Trinajstić information content (AvgIpc) is 2.35. The lowest BCUT2D eigenvalue weighted by molar-refractivity contribution is -0.143. The van der Waals surface area contributed by atoms with Crippen molar-refractivity contribution in [2.45, 2.75) is 59.0 Å². The number of piperidine rings is 1. The number of hydrogen-bond donors (Lipinski definition) is 1. The van der Waals surface area contributed by atoms with E-state index in [1.54, 1.807) is 4.90 Å². The monoisotopic (exact) mass is 284 g/mol. The molecule has 1 fully saturated rings. The lowest BCUT2D eigenvalue weighted by atomic mass is 9.92. The van der Waals surface area contributed by atoms with E-state index in [1.165, 1.54) is 0 Å². The third kappa shape index (κ3) is 4.12. The number of carbonyl (C=O) groups is 2. The quantitative estimate of drug-likeness (QED) is 0.863. The molecule has 0 aromatic rings. The van der Waals surface area contributed by atoms with Crippen molar-refractivity contribution in [3.63, 3.8) is 0 Å². The topological polar surface area (TPSA) is 60.9 Å². The summed E-state index contributed by atoms with van der Waals surface area (Å²) in [4.78, 5) is 27.1. The van der Waals surface area contributed by atoms with Crippen LogP contribution in [0, 0.1) is 11.8 Å². The fraction of sp³-hybridized carbons (Fsp3) is 0.867. The van der Waals surface area contributed by atoms with E-state index < -0.39 is 5.97 Å². The van der Waals surface area contributed by atoms with Gasteiger partial charge >= 0.3 is 12.0 Å². The molecule has 5 nitrogen and oxygen atoms in total. The van der Waals surface area contributed by atoms with Crippen LogP contribution in [0.2, 0.25) is 0 Å². The highest BCUT2D eigenvalue weighted by Gasteiger charge is 2.34. The summed E-state index contributed by atoms with van der Waals surface area (Å²) in [7, 11) is 1.84. The molecule has 1 aliphatic rings. The van der Waals surface area contributed by atoms with Gasteiger partial charge in [-0.15, -0.1) is 0 Å². The SMILES string of the molecule is CC(C)CC(C)N(C)C(=O)N1CCC(C(=O)O)CC1C. The number of aliphatic carboxylic acids is 1. The van der Waals surface area contributed by atoms with Crippen LogP contribution >= 0.6 is 0 Å². The molecule has 0 radical (unpaired) electrons. The molecule has 1 rings (SSSR count). The van der Waals surface area contributed by atoms with Crippen molar-refractivity contribution in [1.82, 2.24) is 9.80 Å². The molecular formula is C15H28N2O3. The number of carboxylic acid groups (broad SMARTS) is 1. The Morgan fingerprint density at radius 1 is 1.35 bits per heavy atom. The lowest BCUT2D eigenvalue weighted by Gasteiger charge is -2.40. The van der Waals surface area contributed by atoms with Crippen molar-refractivity contribution in [2.24, 2.45) is 11.8 Å². The first-order valence-corrected chi connectivity index (χ1v) is 7.50. The Labute approximate surface area is 121 Å². The van der Waals surface area contributed by atoms with E-state index in [1.807, 2.05) is 18.9 Å². The van der Waals surface area contributed by atoms with E-state index in [0.29, 0.717) is 25.3 Å². The molecule has 5 heteroatoms. The number of likely N-dealkylation sites (tertiary alicyclic amines) is 1. The Morgan fingerprint density at radius 3 is 2.40 bits per heavy atom. The maximum Gasteiger partial charge on any atom is 0.320 e. The van der Waals surface area contributed by atoms with Gasteiger partial charge < -0.3 is 14.9 Å². The molecule has 116 valence electrons. The maximum absolute atomic E-state index is 12.5. The van der Waals surface area contributed by atoms with E-state index >= 15 is 0 Å². The number of carboxylic acids is 1. The van der Waals surface area contributed by atoms with Crippen LogP contribution in [0.4, 0.5) is 4.79 Å². The zero-order chi connectivity index (χ0) is 15.4. The van der Waals surface area contributed by atoms with Gasteiger partial charge in [-0.05, 0) is 39.0 Å². The molecule has 3 unspecified atom stereocenters. The highest BCUT2D eigenvalue weighted by atomic mass is 16.4. The van der Waals surface area contributed by atoms with Gasteiger partial charge in [-0.3, -0.25) is 4.79 Å². The molecular weight excluding hydrogens is 256 g/mol. The molecule has 0 bridgehead atoms. The number of rotatable bonds is 4. The summed E-state index contributed by atoms with van der Waals surface area (Å²) >= 11 is 0. The van der Waals surface area contributed by atoms with Crippen LogP contribution < -0.4 is 0 Å². The van der Waals surface area contributed by atoms with E-state index in [2.05, 4.69) is 20.8 Å². The molecule has 20 heavy (non-hydrogen) atoms. The van der Waals surface area contributed by atoms with E-state index in [9.17, 15) is 9.59 Å². The van der Waals surface area contributed by atoms with Gasteiger partial charge in [0.15, 0.2) is 0 Å². The molecule has 1 saturated heterocycles. The molecule has 0 spiro atoms. The van der Waals surface area contributed by atoms with Crippen molar-refractivity contribution in [3.8, 4) is 0 Å². The van der Waals surface area contributed by atoms with Crippen LogP contribution in [0.5, 0.6) is 0 Å². The van der Waals surface area contributed by atoms with Crippen LogP contribution in [0.3, 0.4) is 0 Å². The fourth-order valence-electron chi connectivity index (χ4n) is 2.91. The Hall–Kier alpha value is -1.26. The summed E-state index contributed by atoms with van der Waals surface area (Å²) in [5, 5.41) is 9.06. The predicted molar refractivity (Wildman–Crippen MR) is 78.6 cm³/mol. The molecule has 1 N–H and O–H groups in total. The Bertz CT molecular complexity index is 357. The summed E-state index contributed by atoms with van der Waals surface area (Å²) in [6.45, 7) is 8.84. The van der Waals surface area contributed by atoms with Crippen LogP contribution in [0.15, 0.2) is 0 Å². The number of nitrogens with zero attached hydrogens (tertiary/aromatic N) is 2. The third-order valence-corrected chi connectivity index (χ3v) is 4.25. The van der Waals surface area contributed by atoms with Crippen LogP contribution in [0.25, 0.3) is 0 Å². The smallest absolute Gasteiger partial charge is 0.320 e. The van der Waals surface area contributed by atoms with Crippen LogP contribution in [0.1, 0.15) is 47.0 Å². The van der Waals surface area contributed by atoms with Gasteiger partial charge in [0.1, 0.15) is 0 Å². The van der Waals surface area contributed by atoms with Crippen molar-refractivity contribution in [2.75, 3.05) is 13.6 Å². The second kappa shape index (κ2) is 6.95. The third-order valence-electron chi connectivity index (χ3n) is 4.25. The predicted octanol–water partition coefficient (Wildman–Crippen LogP) is 2.66. The first-order valence-electron chi connectivity index (χ1n) is 7.50. The molecule has 2 amide bonds. The van der Waals surface area contributed by atoms with Gasteiger partial charge in [0.05, 0.1) is 5.92 Å². The Balaban J connectivity index is 2.61. The fourth-order valence-corrected chi connectivity index (χ4v) is 2.91. The number of hydrogen-bond acceptors (Lipinski definition) is 2. The zero-order valence-electron chi connectivity index (χ0n) is 13.3. The summed E-state index contributed by atoms with van der Waals surface area (Å²) in [5.41, 5.74) is 0. The van der Waals surface area contributed by atoms with Crippen molar-refractivity contribution in [1.29, 1.82) is 0 Å². The minimum atomic E-state index is -0.745. The van der Waals surface area contributed by atoms with Gasteiger partial charge in [0, 0.05) is 25.7 Å². The molecule has 0 aromatic heterocycles. The van der Waals surface area contributed by atoms with E-state index in [4.69, 9.17) is 5.11 Å². The average molecular weight is 284 g/mol. The summed E-state index contributed by atoms with van der Waals surface area (Å²) in [6.07, 6.45) is 2.08. The van der Waals surface area contributed by atoms with Crippen LogP contribution in [-0.4, -0.2) is 52.6 Å². The van der Waals surface area contributed by atoms with Gasteiger partial charge in [-0.25, -0.2) is 4.79 Å². The first-order chi connectivity index (χ1) is 9.23. The first kappa shape index (κ1) is 16.8. The van der Waals surface area contributed by atoms with E-state index in [0.717, 1.165) is 6.42 Å². The summed E-state index contributed by atoms with van der Waals surface area (Å²) in [5.74, 6) is -0.506. The number of amides is 2. The van der Waals surface area contributed by atoms with E-state index in [-0.39, 0.29) is 24.0 Å². The highest BCUT2D eigenvalue weighted by molar-refractivity contribution is 5.76. The molecule has 0 aliphatic carbocycles. The second-order valence-electron chi connectivity index (χ2n) is 6.47. The molecule has 0 saturated carbocycles. The van der Waals surface area contributed by atoms with Crippen molar-refractivity contribution in [3.05, 3.63) is 0 Å². The minimum Gasteiger partial charge on any atom is -0.481 e. The normalized spacial score (nSPS) is 24.6. The second-order valence-corrected chi connectivity index (χ2v) is 6.47. The number of urea groups is 1. The van der Waals surface area contributed by atoms with Gasteiger partial charge in [0.2, 0.25) is 0 Å². The summed E-state index contributed by atoms with van der Waals surface area (Å²) < 4.78 is 0. The molecule has 0 aromatic carbocycles. The zero-order valence-corrected chi connectivity index (χ0v) is 13.3. The van der Waals surface area contributed by atoms with Crippen molar-refractivity contribution < 1.29 is 14.7 Å². The minimum absolute atomic E-state index is 0.00829. The standard InChI is InChI=1S/C15H28N2O3/c1-10(2)8-11(3)16(5)15(20)17-7-6-13(14(18)19)9-12(17)4/h10-13H,6-9H2,1-5H3,(H,18,19). The number of carbonyl (C=O) groups excluding carboxylic acids is 1. The Kier molecular flexibility index (Phi) is 5.84. The van der Waals surface area contributed by atoms with Crippen LogP contribution in [-0.2, 0) is 4.79 Å². The van der Waals surface area contributed by atoms with Gasteiger partial charge in [-0.2, -0.15) is 0 Å². The Morgan fingerprint density at radius 2 is 1.95 bits per heavy atom. The highest BCUT2D eigenvalue weighted by Crippen LogP contribution is 2.24.